The molecule has 20 heavy (non-hydrogen) atoms. The Hall–Kier alpha value is 0.816. The van der Waals surface area contributed by atoms with Crippen molar-refractivity contribution in [1.82, 2.24) is 9.88 Å². The molecule has 2 aliphatic rings. The van der Waals surface area contributed by atoms with Crippen molar-refractivity contribution in [3.63, 3.8) is 0 Å². The Morgan fingerprint density at radius 3 is 2.60 bits per heavy atom. The molecule has 2 fully saturated rings. The number of likely N-dealkylation sites (tertiary alicyclic amines) is 1. The molecule has 2 heterocycles. The summed E-state index contributed by atoms with van der Waals surface area (Å²) in [6.45, 7) is 2.37. The summed E-state index contributed by atoms with van der Waals surface area (Å²) in [5.74, 6) is 6.89. The van der Waals surface area contributed by atoms with Gasteiger partial charge in [-0.25, -0.2) is 4.98 Å². The molecule has 1 aromatic heterocycles. The second-order valence-corrected chi connectivity index (χ2v) is 6.10. The molecular formula is C15H16ClKN2S. The van der Waals surface area contributed by atoms with Crippen molar-refractivity contribution in [3.8, 4) is 11.8 Å². The minimum atomic E-state index is 0. The molecular weight excluding hydrogens is 315 g/mol. The average molecular weight is 331 g/mol. The molecule has 3 rings (SSSR count). The van der Waals surface area contributed by atoms with E-state index < -0.39 is 0 Å². The van der Waals surface area contributed by atoms with Crippen LogP contribution in [-0.2, 0) is 12.6 Å². The van der Waals surface area contributed by atoms with E-state index >= 15 is 0 Å². The van der Waals surface area contributed by atoms with Gasteiger partial charge in [0.2, 0.25) is 0 Å². The van der Waals surface area contributed by atoms with Crippen LogP contribution >= 0.6 is 11.6 Å². The molecule has 1 aromatic rings. The Morgan fingerprint density at radius 2 is 1.95 bits per heavy atom. The van der Waals surface area contributed by atoms with Gasteiger partial charge in [0.15, 0.2) is 0 Å². The first-order valence-corrected chi connectivity index (χ1v) is 7.60. The van der Waals surface area contributed by atoms with E-state index in [1.165, 1.54) is 25.9 Å². The van der Waals surface area contributed by atoms with E-state index in [-0.39, 0.29) is 51.4 Å². The summed E-state index contributed by atoms with van der Waals surface area (Å²) in [7, 11) is 0. The zero-order chi connectivity index (χ0) is 13.2. The van der Waals surface area contributed by atoms with Crippen LogP contribution in [0.3, 0.4) is 0 Å². The Labute approximate surface area is 173 Å². The number of nitrogens with zero attached hydrogens (tertiary/aromatic N) is 2. The van der Waals surface area contributed by atoms with Crippen LogP contribution in [0.5, 0.6) is 0 Å². The zero-order valence-electron chi connectivity index (χ0n) is 11.7. The van der Waals surface area contributed by atoms with Crippen LogP contribution in [0.2, 0.25) is 5.02 Å². The molecule has 0 spiro atoms. The summed E-state index contributed by atoms with van der Waals surface area (Å²) >= 11 is 11.2. The Bertz CT molecular complexity index is 528. The van der Waals surface area contributed by atoms with Crippen LogP contribution in [-0.4, -0.2) is 29.0 Å². The molecule has 0 bridgehead atoms. The van der Waals surface area contributed by atoms with E-state index in [1.54, 1.807) is 12.3 Å². The van der Waals surface area contributed by atoms with E-state index in [0.717, 1.165) is 18.9 Å². The van der Waals surface area contributed by atoms with Gasteiger partial charge in [0.1, 0.15) is 5.69 Å². The summed E-state index contributed by atoms with van der Waals surface area (Å²) < 4.78 is 0. The van der Waals surface area contributed by atoms with E-state index in [2.05, 4.69) is 21.7 Å². The molecule has 1 saturated carbocycles. The second-order valence-electron chi connectivity index (χ2n) is 5.28. The van der Waals surface area contributed by atoms with Crippen LogP contribution in [0.15, 0.2) is 17.2 Å². The van der Waals surface area contributed by atoms with Gasteiger partial charge in [-0.1, -0.05) is 23.6 Å². The fraction of sp³-hybridized carbons (Fsp3) is 0.533. The van der Waals surface area contributed by atoms with E-state index in [1.807, 2.05) is 0 Å². The Kier molecular flexibility index (Phi) is 6.78. The maximum absolute atomic E-state index is 6.11. The normalized spacial score (nSPS) is 19.9. The van der Waals surface area contributed by atoms with E-state index in [0.29, 0.717) is 21.5 Å². The van der Waals surface area contributed by atoms with Crippen LogP contribution in [0.1, 0.15) is 31.4 Å². The van der Waals surface area contributed by atoms with Crippen molar-refractivity contribution >= 4 is 24.2 Å². The Morgan fingerprint density at radius 1 is 1.25 bits per heavy atom. The molecule has 1 aliphatic heterocycles. The van der Waals surface area contributed by atoms with Crippen LogP contribution < -0.4 is 51.4 Å². The molecule has 0 N–H and O–H groups in total. The topological polar surface area (TPSA) is 16.1 Å². The SMILES string of the molecule is [K+].[S-]c1ccnc(C#CC2CCN(C3CC3)CC2)c1Cl. The van der Waals surface area contributed by atoms with Crippen molar-refractivity contribution in [1.29, 1.82) is 0 Å². The van der Waals surface area contributed by atoms with E-state index in [9.17, 15) is 0 Å². The van der Waals surface area contributed by atoms with Crippen molar-refractivity contribution < 1.29 is 51.4 Å². The molecule has 1 saturated heterocycles. The number of hydrogen-bond acceptors (Lipinski definition) is 3. The second kappa shape index (κ2) is 7.89. The number of pyridine rings is 1. The first-order chi connectivity index (χ1) is 9.24. The number of halogens is 1. The zero-order valence-corrected chi connectivity index (χ0v) is 16.4. The van der Waals surface area contributed by atoms with Crippen molar-refractivity contribution in [2.24, 2.45) is 5.92 Å². The first-order valence-electron chi connectivity index (χ1n) is 6.81. The third-order valence-electron chi connectivity index (χ3n) is 3.84. The maximum atomic E-state index is 6.11. The average Bonchev–Trinajstić information content (AvgIpc) is 3.26. The number of piperidine rings is 1. The van der Waals surface area contributed by atoms with Gasteiger partial charge in [-0.05, 0) is 44.7 Å². The molecule has 0 radical (unpaired) electrons. The predicted molar refractivity (Wildman–Crippen MR) is 79.1 cm³/mol. The fourth-order valence-electron chi connectivity index (χ4n) is 2.53. The maximum Gasteiger partial charge on any atom is 1.00 e. The van der Waals surface area contributed by atoms with Crippen LogP contribution in [0, 0.1) is 17.8 Å². The predicted octanol–water partition coefficient (Wildman–Crippen LogP) is -0.129. The van der Waals surface area contributed by atoms with Crippen molar-refractivity contribution in [2.75, 3.05) is 13.1 Å². The third-order valence-corrected chi connectivity index (χ3v) is 4.68. The van der Waals surface area contributed by atoms with Crippen molar-refractivity contribution in [2.45, 2.75) is 36.6 Å². The van der Waals surface area contributed by atoms with Gasteiger partial charge in [-0.3, -0.25) is 0 Å². The standard InChI is InChI=1S/C15H17ClN2S.K/c16-15-13(17-8-5-14(15)19)4-1-11-6-9-18(10-7-11)12-2-3-12;/h5,8,11-12H,2-3,6-7,9-10H2,(H,17,19);/q;+1/p-1. The third kappa shape index (κ3) is 4.41. The summed E-state index contributed by atoms with van der Waals surface area (Å²) in [5, 5.41) is 0.514. The van der Waals surface area contributed by atoms with Gasteiger partial charge in [0, 0.05) is 18.2 Å². The van der Waals surface area contributed by atoms with Gasteiger partial charge in [0.05, 0.1) is 5.02 Å². The summed E-state index contributed by atoms with van der Waals surface area (Å²) in [6, 6.07) is 2.61. The van der Waals surface area contributed by atoms with E-state index in [4.69, 9.17) is 24.2 Å². The summed E-state index contributed by atoms with van der Waals surface area (Å²) in [6.07, 6.45) is 6.78. The summed E-state index contributed by atoms with van der Waals surface area (Å²) in [4.78, 5) is 7.43. The smallest absolute Gasteiger partial charge is 0.778 e. The van der Waals surface area contributed by atoms with Gasteiger partial charge in [-0.15, -0.1) is 0 Å². The monoisotopic (exact) mass is 330 g/mol. The molecule has 0 amide bonds. The van der Waals surface area contributed by atoms with Gasteiger partial charge >= 0.3 is 51.4 Å². The minimum absolute atomic E-state index is 0. The molecule has 1 aliphatic carbocycles. The summed E-state index contributed by atoms with van der Waals surface area (Å²) in [5.41, 5.74) is 0.624. The fourth-order valence-corrected chi connectivity index (χ4v) is 2.85. The van der Waals surface area contributed by atoms with Crippen molar-refractivity contribution in [3.05, 3.63) is 23.0 Å². The quantitative estimate of drug-likeness (QED) is 0.405. The number of rotatable bonds is 1. The molecule has 100 valence electrons. The largest absolute Gasteiger partial charge is 1.00 e. The van der Waals surface area contributed by atoms with Crippen LogP contribution in [0.25, 0.3) is 0 Å². The number of aromatic nitrogens is 1. The molecule has 5 heteroatoms. The van der Waals surface area contributed by atoms with Crippen LogP contribution in [0.4, 0.5) is 0 Å². The molecule has 2 nitrogen and oxygen atoms in total. The van der Waals surface area contributed by atoms with Gasteiger partial charge in [-0.2, -0.15) is 4.90 Å². The molecule has 0 unspecified atom stereocenters. The van der Waals surface area contributed by atoms with Gasteiger partial charge < -0.3 is 17.5 Å². The van der Waals surface area contributed by atoms with Gasteiger partial charge in [0.25, 0.3) is 0 Å². The minimum Gasteiger partial charge on any atom is -0.778 e. The molecule has 0 aromatic carbocycles. The number of hydrogen-bond donors (Lipinski definition) is 0. The Balaban J connectivity index is 0.00000147. The molecule has 0 atom stereocenters. The first kappa shape index (κ1) is 17.2.